The van der Waals surface area contributed by atoms with Crippen LogP contribution in [0, 0.1) is 0 Å². The molecule has 11 nitrogen and oxygen atoms in total. The molecule has 5 aromatic rings. The van der Waals surface area contributed by atoms with E-state index in [9.17, 15) is 9.90 Å². The third kappa shape index (κ3) is 9.06. The predicted octanol–water partition coefficient (Wildman–Crippen LogP) is 6.71. The summed E-state index contributed by atoms with van der Waals surface area (Å²) in [5.74, 6) is 7.16. The highest BCUT2D eigenvalue weighted by atomic mass is 35.5. The molecule has 0 bridgehead atoms. The number of benzene rings is 4. The first-order valence-electron chi connectivity index (χ1n) is 15.6. The van der Waals surface area contributed by atoms with Crippen LogP contribution in [0.3, 0.4) is 0 Å². The molecule has 0 atom stereocenters. The van der Waals surface area contributed by atoms with Gasteiger partial charge in [-0.05, 0) is 60.2 Å². The standard InChI is InChI=1S/C36H33Cl3N6O5/c37-27-8-11-29(12-9-27)48-21-23-1-3-24(4-2-23)35-41-34(50-43-35)20-44-13-15-45(16-14-44)32(36(47)42-40)17-25-6-10-30(19-33(25)46)49-22-26-5-7-28(38)18-31(26)39/h1-12,17-19,46H,13-16,20-22,40H2,(H,42,47). The van der Waals surface area contributed by atoms with Crippen LogP contribution < -0.4 is 20.7 Å². The number of hydrazine groups is 1. The van der Waals surface area contributed by atoms with Gasteiger partial charge in [-0.2, -0.15) is 4.98 Å². The summed E-state index contributed by atoms with van der Waals surface area (Å²) in [5, 5.41) is 16.6. The van der Waals surface area contributed by atoms with Gasteiger partial charge < -0.3 is 24.0 Å². The number of rotatable bonds is 12. The number of carbonyl (C=O) groups excluding carboxylic acids is 1. The van der Waals surface area contributed by atoms with E-state index in [1.165, 1.54) is 6.07 Å². The second-order valence-corrected chi connectivity index (χ2v) is 12.7. The van der Waals surface area contributed by atoms with Crippen molar-refractivity contribution < 1.29 is 23.9 Å². The summed E-state index contributed by atoms with van der Waals surface area (Å²) in [6.45, 7) is 3.38. The Morgan fingerprint density at radius 3 is 2.28 bits per heavy atom. The minimum Gasteiger partial charge on any atom is -0.507 e. The van der Waals surface area contributed by atoms with Gasteiger partial charge in [0.15, 0.2) is 0 Å². The first-order chi connectivity index (χ1) is 24.2. The molecule has 6 rings (SSSR count). The molecule has 1 aliphatic heterocycles. The summed E-state index contributed by atoms with van der Waals surface area (Å²) in [5.41, 5.74) is 5.56. The maximum Gasteiger partial charge on any atom is 0.281 e. The number of carbonyl (C=O) groups is 1. The Kier molecular flexibility index (Phi) is 11.4. The number of ether oxygens (including phenoxy) is 2. The lowest BCUT2D eigenvalue weighted by molar-refractivity contribution is -0.119. The zero-order valence-corrected chi connectivity index (χ0v) is 29.0. The number of phenolic OH excluding ortho intramolecular Hbond substituents is 1. The quantitative estimate of drug-likeness (QED) is 0.0549. The van der Waals surface area contributed by atoms with E-state index in [1.807, 2.05) is 41.3 Å². The number of phenols is 1. The van der Waals surface area contributed by atoms with E-state index in [2.05, 4.69) is 20.5 Å². The molecule has 1 fully saturated rings. The van der Waals surface area contributed by atoms with Crippen molar-refractivity contribution in [1.29, 1.82) is 0 Å². The van der Waals surface area contributed by atoms with Gasteiger partial charge in [-0.3, -0.25) is 15.1 Å². The number of hydrogen-bond donors (Lipinski definition) is 3. The average molecular weight is 736 g/mol. The monoisotopic (exact) mass is 734 g/mol. The number of piperazine rings is 1. The fraction of sp³-hybridized carbons (Fsp3) is 0.194. The molecule has 14 heteroatoms. The van der Waals surface area contributed by atoms with Crippen molar-refractivity contribution in [2.75, 3.05) is 26.2 Å². The number of nitrogens with zero attached hydrogens (tertiary/aromatic N) is 4. The van der Waals surface area contributed by atoms with E-state index in [0.717, 1.165) is 22.4 Å². The number of halogens is 3. The van der Waals surface area contributed by atoms with Crippen LogP contribution in [0.25, 0.3) is 17.5 Å². The van der Waals surface area contributed by atoms with Crippen LogP contribution >= 0.6 is 34.8 Å². The Morgan fingerprint density at radius 2 is 1.58 bits per heavy atom. The number of nitrogens with one attached hydrogen (secondary N) is 1. The minimum absolute atomic E-state index is 0.0567. The molecule has 1 amide bonds. The molecule has 1 saturated heterocycles. The Balaban J connectivity index is 1.02. The van der Waals surface area contributed by atoms with E-state index in [0.29, 0.717) is 83.1 Å². The molecular formula is C36H33Cl3N6O5. The first-order valence-corrected chi connectivity index (χ1v) is 16.8. The molecule has 0 radical (unpaired) electrons. The topological polar surface area (TPSA) is 139 Å². The van der Waals surface area contributed by atoms with E-state index in [4.69, 9.17) is 54.6 Å². The fourth-order valence-corrected chi connectivity index (χ4v) is 5.87. The molecule has 50 heavy (non-hydrogen) atoms. The molecule has 4 N–H and O–H groups in total. The van der Waals surface area contributed by atoms with Gasteiger partial charge in [0.1, 0.15) is 36.2 Å². The number of aromatic nitrogens is 2. The highest BCUT2D eigenvalue weighted by Crippen LogP contribution is 2.29. The SMILES string of the molecule is NNC(=O)C(=Cc1ccc(OCc2ccc(Cl)cc2Cl)cc1O)N1CCN(Cc2nc(-c3ccc(COc4ccc(Cl)cc4)cc3)no2)CC1. The van der Waals surface area contributed by atoms with Crippen LogP contribution in [0.5, 0.6) is 17.2 Å². The Hall–Kier alpha value is -4.78. The van der Waals surface area contributed by atoms with E-state index < -0.39 is 5.91 Å². The molecule has 4 aromatic carbocycles. The lowest BCUT2D eigenvalue weighted by Crippen LogP contribution is -2.48. The Bertz CT molecular complexity index is 1960. The van der Waals surface area contributed by atoms with Gasteiger partial charge >= 0.3 is 0 Å². The van der Waals surface area contributed by atoms with E-state index >= 15 is 0 Å². The van der Waals surface area contributed by atoms with E-state index in [1.54, 1.807) is 48.5 Å². The third-order valence-corrected chi connectivity index (χ3v) is 8.88. The molecule has 1 aliphatic rings. The van der Waals surface area contributed by atoms with Gasteiger partial charge in [-0.15, -0.1) is 0 Å². The van der Waals surface area contributed by atoms with Gasteiger partial charge in [0.2, 0.25) is 11.7 Å². The summed E-state index contributed by atoms with van der Waals surface area (Å²) in [4.78, 5) is 21.5. The number of amides is 1. The van der Waals surface area contributed by atoms with Crippen molar-refractivity contribution >= 4 is 46.8 Å². The van der Waals surface area contributed by atoms with Crippen LogP contribution in [0.2, 0.25) is 15.1 Å². The Morgan fingerprint density at radius 1 is 0.880 bits per heavy atom. The first kappa shape index (κ1) is 35.1. The zero-order chi connectivity index (χ0) is 35.0. The molecule has 2 heterocycles. The van der Waals surface area contributed by atoms with Crippen LogP contribution in [0.4, 0.5) is 0 Å². The van der Waals surface area contributed by atoms with Gasteiger partial charge in [0.25, 0.3) is 5.91 Å². The highest BCUT2D eigenvalue weighted by Gasteiger charge is 2.24. The molecule has 258 valence electrons. The lowest BCUT2D eigenvalue weighted by Gasteiger charge is -2.36. The molecule has 0 unspecified atom stereocenters. The highest BCUT2D eigenvalue weighted by molar-refractivity contribution is 6.35. The van der Waals surface area contributed by atoms with Gasteiger partial charge in [0, 0.05) is 64.0 Å². The molecule has 0 aliphatic carbocycles. The van der Waals surface area contributed by atoms with Gasteiger partial charge in [-0.1, -0.05) is 70.3 Å². The van der Waals surface area contributed by atoms with Crippen molar-refractivity contribution in [3.8, 4) is 28.6 Å². The molecule has 0 spiro atoms. The predicted molar refractivity (Wildman–Crippen MR) is 192 cm³/mol. The summed E-state index contributed by atoms with van der Waals surface area (Å²) in [6, 6.07) is 25.0. The number of aromatic hydroxyl groups is 1. The van der Waals surface area contributed by atoms with Crippen molar-refractivity contribution in [3.63, 3.8) is 0 Å². The van der Waals surface area contributed by atoms with Gasteiger partial charge in [0.05, 0.1) is 6.54 Å². The average Bonchev–Trinajstić information content (AvgIpc) is 3.59. The maximum atomic E-state index is 12.8. The van der Waals surface area contributed by atoms with Crippen LogP contribution in [0.15, 0.2) is 95.1 Å². The summed E-state index contributed by atoms with van der Waals surface area (Å²) >= 11 is 18.1. The number of hydrogen-bond acceptors (Lipinski definition) is 10. The lowest BCUT2D eigenvalue weighted by atomic mass is 10.1. The largest absolute Gasteiger partial charge is 0.507 e. The second-order valence-electron chi connectivity index (χ2n) is 11.5. The smallest absolute Gasteiger partial charge is 0.281 e. The molecule has 1 aromatic heterocycles. The van der Waals surface area contributed by atoms with Crippen molar-refractivity contribution in [3.05, 3.63) is 128 Å². The Labute approximate surface area is 303 Å². The zero-order valence-electron chi connectivity index (χ0n) is 26.7. The van der Waals surface area contributed by atoms with Crippen LogP contribution in [-0.2, 0) is 24.6 Å². The van der Waals surface area contributed by atoms with E-state index in [-0.39, 0.29) is 12.4 Å². The summed E-state index contributed by atoms with van der Waals surface area (Å²) < 4.78 is 17.2. The van der Waals surface area contributed by atoms with Crippen LogP contribution in [0.1, 0.15) is 22.6 Å². The second kappa shape index (κ2) is 16.3. The minimum atomic E-state index is -0.473. The third-order valence-electron chi connectivity index (χ3n) is 8.04. The molecular weight excluding hydrogens is 703 g/mol. The summed E-state index contributed by atoms with van der Waals surface area (Å²) in [7, 11) is 0. The van der Waals surface area contributed by atoms with Crippen molar-refractivity contribution in [2.24, 2.45) is 5.84 Å². The van der Waals surface area contributed by atoms with Gasteiger partial charge in [-0.25, -0.2) is 5.84 Å². The summed E-state index contributed by atoms with van der Waals surface area (Å²) in [6.07, 6.45) is 1.60. The van der Waals surface area contributed by atoms with Crippen molar-refractivity contribution in [1.82, 2.24) is 25.4 Å². The normalized spacial score (nSPS) is 13.7. The maximum absolute atomic E-state index is 12.8. The fourth-order valence-electron chi connectivity index (χ4n) is 5.28. The number of nitrogens with two attached hydrogens (primary N) is 1. The van der Waals surface area contributed by atoms with Crippen LogP contribution in [-0.4, -0.2) is 57.1 Å². The van der Waals surface area contributed by atoms with Crippen molar-refractivity contribution in [2.45, 2.75) is 19.8 Å². The molecule has 0 saturated carbocycles.